The van der Waals surface area contributed by atoms with E-state index >= 15 is 0 Å². The number of amides is 5. The first-order valence-corrected chi connectivity index (χ1v) is 18.8. The Bertz CT molecular complexity index is 1930. The van der Waals surface area contributed by atoms with E-state index in [2.05, 4.69) is 26.3 Å². The molecule has 0 aliphatic heterocycles. The van der Waals surface area contributed by atoms with Crippen molar-refractivity contribution in [1.29, 1.82) is 0 Å². The highest BCUT2D eigenvalue weighted by atomic mass is 32.2. The van der Waals surface area contributed by atoms with Gasteiger partial charge < -0.3 is 58.0 Å². The highest BCUT2D eigenvalue weighted by molar-refractivity contribution is 7.87. The normalized spacial score (nSPS) is 13.2. The molecule has 2 aromatic carbocycles. The molecule has 0 fully saturated rings. The second-order valence-electron chi connectivity index (χ2n) is 13.2. The summed E-state index contributed by atoms with van der Waals surface area (Å²) < 4.78 is 30.8. The molecule has 0 heterocycles. The molecule has 22 heteroatoms. The molecular formula is C35H48N8O13S. The Labute approximate surface area is 327 Å². The van der Waals surface area contributed by atoms with E-state index in [0.29, 0.717) is 11.6 Å². The summed E-state index contributed by atoms with van der Waals surface area (Å²) in [5, 5.41) is 38.2. The molecule has 2 rings (SSSR count). The van der Waals surface area contributed by atoms with Crippen LogP contribution in [0.5, 0.6) is 11.5 Å². The van der Waals surface area contributed by atoms with Crippen LogP contribution in [0.2, 0.25) is 0 Å². The van der Waals surface area contributed by atoms with Crippen molar-refractivity contribution < 1.29 is 61.5 Å². The van der Waals surface area contributed by atoms with E-state index in [-0.39, 0.29) is 56.3 Å². The monoisotopic (exact) mass is 820 g/mol. The minimum atomic E-state index is -4.56. The number of nitrogens with zero attached hydrogens (tertiary/aromatic N) is 1. The summed E-state index contributed by atoms with van der Waals surface area (Å²) in [5.41, 5.74) is 15.9. The molecule has 0 aliphatic carbocycles. The molecule has 2 aromatic rings. The highest BCUT2D eigenvalue weighted by Crippen LogP contribution is 2.25. The van der Waals surface area contributed by atoms with Gasteiger partial charge in [0.15, 0.2) is 5.96 Å². The lowest BCUT2D eigenvalue weighted by Gasteiger charge is -2.27. The SMILES string of the molecule is CC(=O)N[C@@H](CCC(=O)O)C(=O)N[C@@H](Cc1ccc(OS(=O)(=O)c2ccc(C(=O)O)c(O)c2)cc1)C(=O)N[C@@H](CC(C)C)C(=O)N[C@@H](CCCN=C(N)N)C(N)=O. The predicted molar refractivity (Wildman–Crippen MR) is 202 cm³/mol. The van der Waals surface area contributed by atoms with Gasteiger partial charge in [-0.05, 0) is 61.4 Å². The van der Waals surface area contributed by atoms with Crippen molar-refractivity contribution in [3.05, 3.63) is 53.6 Å². The topological polar surface area (TPSA) is 362 Å². The van der Waals surface area contributed by atoms with Crippen molar-refractivity contribution in [3.63, 3.8) is 0 Å². The lowest BCUT2D eigenvalue weighted by molar-refractivity contribution is -0.138. The van der Waals surface area contributed by atoms with Crippen LogP contribution in [0.25, 0.3) is 0 Å². The maximum Gasteiger partial charge on any atom is 0.339 e. The number of aliphatic imine (C=N–C) groups is 1. The molecule has 21 nitrogen and oxygen atoms in total. The van der Waals surface area contributed by atoms with Crippen molar-refractivity contribution in [2.24, 2.45) is 28.1 Å². The number of aromatic hydroxyl groups is 1. The number of aromatic carboxylic acids is 1. The Balaban J connectivity index is 2.40. The first kappa shape index (κ1) is 46.7. The van der Waals surface area contributed by atoms with Crippen LogP contribution in [0.15, 0.2) is 52.4 Å². The molecule has 0 radical (unpaired) electrons. The number of aliphatic carboxylic acids is 1. The molecule has 5 amide bonds. The lowest BCUT2D eigenvalue weighted by atomic mass is 10.00. The third-order valence-electron chi connectivity index (χ3n) is 7.98. The fraction of sp³-hybridized carbons (Fsp3) is 0.429. The van der Waals surface area contributed by atoms with Gasteiger partial charge in [0.25, 0.3) is 0 Å². The summed E-state index contributed by atoms with van der Waals surface area (Å²) >= 11 is 0. The van der Waals surface area contributed by atoms with Gasteiger partial charge in [0.05, 0.1) is 0 Å². The van der Waals surface area contributed by atoms with Crippen LogP contribution in [0.1, 0.15) is 68.8 Å². The van der Waals surface area contributed by atoms with E-state index in [1.54, 1.807) is 13.8 Å². The minimum Gasteiger partial charge on any atom is -0.507 e. The van der Waals surface area contributed by atoms with Crippen molar-refractivity contribution in [2.75, 3.05) is 6.54 Å². The van der Waals surface area contributed by atoms with E-state index in [4.69, 9.17) is 26.5 Å². The van der Waals surface area contributed by atoms with E-state index in [1.165, 1.54) is 24.3 Å². The molecule has 0 aromatic heterocycles. The molecule has 13 N–H and O–H groups in total. The smallest absolute Gasteiger partial charge is 0.339 e. The molecule has 0 unspecified atom stereocenters. The number of carboxylic acids is 2. The predicted octanol–water partition coefficient (Wildman–Crippen LogP) is -1.19. The number of carbonyl (C=O) groups is 7. The van der Waals surface area contributed by atoms with Gasteiger partial charge in [-0.3, -0.25) is 33.8 Å². The number of hydrogen-bond donors (Lipinski definition) is 10. The molecule has 0 aliphatic rings. The second-order valence-corrected chi connectivity index (χ2v) is 14.8. The third kappa shape index (κ3) is 16.0. The molecule has 0 saturated carbocycles. The average Bonchev–Trinajstić information content (AvgIpc) is 3.10. The van der Waals surface area contributed by atoms with Crippen molar-refractivity contribution in [2.45, 2.75) is 88.4 Å². The summed E-state index contributed by atoms with van der Waals surface area (Å²) in [6.07, 6.45) is -0.708. The van der Waals surface area contributed by atoms with Gasteiger partial charge >= 0.3 is 22.1 Å². The van der Waals surface area contributed by atoms with E-state index in [0.717, 1.165) is 19.1 Å². The summed E-state index contributed by atoms with van der Waals surface area (Å²) in [4.78, 5) is 90.6. The number of phenols is 1. The first-order valence-electron chi connectivity index (χ1n) is 17.4. The quantitative estimate of drug-likeness (QED) is 0.0273. The molecule has 0 saturated heterocycles. The summed E-state index contributed by atoms with van der Waals surface area (Å²) in [7, 11) is -4.56. The van der Waals surface area contributed by atoms with Gasteiger partial charge in [0.2, 0.25) is 29.5 Å². The molecule has 4 atom stereocenters. The minimum absolute atomic E-state index is 0.0697. The zero-order chi connectivity index (χ0) is 43.0. The maximum atomic E-state index is 13.9. The summed E-state index contributed by atoms with van der Waals surface area (Å²) in [5.74, 6) is -8.19. The van der Waals surface area contributed by atoms with Crippen LogP contribution in [-0.4, -0.2) is 102 Å². The number of carboxylic acid groups (broad SMARTS) is 2. The van der Waals surface area contributed by atoms with Crippen LogP contribution in [-0.2, 0) is 45.3 Å². The third-order valence-corrected chi connectivity index (χ3v) is 9.22. The van der Waals surface area contributed by atoms with Gasteiger partial charge in [0.1, 0.15) is 46.1 Å². The second kappa shape index (κ2) is 21.6. The Morgan fingerprint density at radius 2 is 1.37 bits per heavy atom. The fourth-order valence-electron chi connectivity index (χ4n) is 5.24. The summed E-state index contributed by atoms with van der Waals surface area (Å²) in [6, 6.07) is 2.42. The average molecular weight is 821 g/mol. The largest absolute Gasteiger partial charge is 0.507 e. The zero-order valence-corrected chi connectivity index (χ0v) is 32.2. The maximum absolute atomic E-state index is 13.9. The van der Waals surface area contributed by atoms with Crippen LogP contribution < -0.4 is 42.7 Å². The molecular weight excluding hydrogens is 772 g/mol. The summed E-state index contributed by atoms with van der Waals surface area (Å²) in [6.45, 7) is 4.80. The number of nitrogens with one attached hydrogen (secondary N) is 4. The lowest BCUT2D eigenvalue weighted by Crippen LogP contribution is -2.58. The Morgan fingerprint density at radius 3 is 1.89 bits per heavy atom. The highest BCUT2D eigenvalue weighted by Gasteiger charge is 2.32. The van der Waals surface area contributed by atoms with Crippen LogP contribution in [0.3, 0.4) is 0 Å². The first-order chi connectivity index (χ1) is 26.6. The molecule has 57 heavy (non-hydrogen) atoms. The van der Waals surface area contributed by atoms with Crippen LogP contribution in [0, 0.1) is 5.92 Å². The van der Waals surface area contributed by atoms with E-state index in [9.17, 15) is 52.2 Å². The number of nitrogens with two attached hydrogens (primary N) is 3. The van der Waals surface area contributed by atoms with E-state index in [1.807, 2.05) is 0 Å². The number of primary amides is 1. The fourth-order valence-corrected chi connectivity index (χ4v) is 6.19. The standard InChI is InChI=1S/C35H48N8O13S/c1-18(2)15-26(32(50)41-24(30(36)48)5-4-14-39-35(37)38)42-33(51)27(43-31(49)25(40-19(3)44)12-13-29(46)47)16-20-6-8-21(9-7-20)56-57(54,55)22-10-11-23(34(52)53)28(45)17-22/h6-11,17-18,24-27,45H,4-5,12-16H2,1-3H3,(H2,36,48)(H,40,44)(H,41,50)(H,42,51)(H,43,49)(H,46,47)(H,52,53)(H4,37,38,39)/t24-,25-,26-,27-/m0/s1. The molecule has 0 spiro atoms. The van der Waals surface area contributed by atoms with E-state index < -0.39 is 98.4 Å². The Morgan fingerprint density at radius 1 is 0.789 bits per heavy atom. The number of guanidine groups is 1. The molecule has 312 valence electrons. The van der Waals surface area contributed by atoms with Gasteiger partial charge in [0, 0.05) is 32.4 Å². The Hall–Kier alpha value is -6.45. The van der Waals surface area contributed by atoms with Crippen molar-refractivity contribution in [3.8, 4) is 11.5 Å². The zero-order valence-electron chi connectivity index (χ0n) is 31.4. The Kier molecular flexibility index (Phi) is 17.7. The number of benzene rings is 2. The van der Waals surface area contributed by atoms with Gasteiger partial charge in [-0.2, -0.15) is 8.42 Å². The van der Waals surface area contributed by atoms with Gasteiger partial charge in [-0.1, -0.05) is 26.0 Å². The number of hydrogen-bond acceptors (Lipinski definition) is 12. The van der Waals surface area contributed by atoms with Crippen LogP contribution >= 0.6 is 0 Å². The van der Waals surface area contributed by atoms with Gasteiger partial charge in [-0.15, -0.1) is 0 Å². The van der Waals surface area contributed by atoms with Gasteiger partial charge in [-0.25, -0.2) is 4.79 Å². The van der Waals surface area contributed by atoms with Crippen LogP contribution in [0.4, 0.5) is 0 Å². The molecule has 0 bridgehead atoms. The number of rotatable bonds is 23. The van der Waals surface area contributed by atoms with Crippen molar-refractivity contribution >= 4 is 57.6 Å². The number of carbonyl (C=O) groups excluding carboxylic acids is 5. The van der Waals surface area contributed by atoms with Crippen molar-refractivity contribution in [1.82, 2.24) is 21.3 Å².